The minimum Gasteiger partial charge on any atom is -0.388 e. The normalized spacial score (nSPS) is 13.9. The van der Waals surface area contributed by atoms with E-state index in [2.05, 4.69) is 43.4 Å². The molecule has 0 unspecified atom stereocenters. The van der Waals surface area contributed by atoms with Crippen LogP contribution in [0.2, 0.25) is 0 Å². The van der Waals surface area contributed by atoms with E-state index in [9.17, 15) is 0 Å². The summed E-state index contributed by atoms with van der Waals surface area (Å²) >= 11 is 3.19. The van der Waals surface area contributed by atoms with Gasteiger partial charge in [-0.25, -0.2) is 9.97 Å². The number of rotatable bonds is 4. The van der Waals surface area contributed by atoms with Crippen LogP contribution in [0, 0.1) is 0 Å². The Bertz CT molecular complexity index is 898. The van der Waals surface area contributed by atoms with E-state index in [1.165, 1.54) is 0 Å². The summed E-state index contributed by atoms with van der Waals surface area (Å²) in [6.45, 7) is 1.80. The molecule has 1 aromatic carbocycles. The molecular weight excluding hydrogens is 352 g/mol. The number of guanidine groups is 1. The molecule has 0 saturated carbocycles. The number of nitrogens with zero attached hydrogens (tertiary/aromatic N) is 3. The van der Waals surface area contributed by atoms with Crippen LogP contribution in [0.1, 0.15) is 6.42 Å². The maximum atomic E-state index is 4.77. The molecule has 25 heavy (non-hydrogen) atoms. The third-order valence-electron chi connectivity index (χ3n) is 3.82. The van der Waals surface area contributed by atoms with Gasteiger partial charge in [0.15, 0.2) is 11.1 Å². The molecule has 0 fully saturated rings. The molecule has 0 radical (unpaired) electrons. The van der Waals surface area contributed by atoms with Crippen LogP contribution in [0.5, 0.6) is 0 Å². The molecule has 1 aliphatic heterocycles. The largest absolute Gasteiger partial charge is 0.388 e. The highest BCUT2D eigenvalue weighted by Crippen LogP contribution is 2.34. The first-order chi connectivity index (χ1) is 12.3. The fourth-order valence-electron chi connectivity index (χ4n) is 2.57. The summed E-state index contributed by atoms with van der Waals surface area (Å²) in [4.78, 5) is 13.8. The summed E-state index contributed by atoms with van der Waals surface area (Å²) in [7, 11) is 1.92. The van der Waals surface area contributed by atoms with Crippen molar-refractivity contribution in [3.8, 4) is 22.0 Å². The van der Waals surface area contributed by atoms with Crippen molar-refractivity contribution in [3.05, 3.63) is 35.0 Å². The number of para-hydroxylation sites is 1. The van der Waals surface area contributed by atoms with Crippen LogP contribution in [-0.4, -0.2) is 36.1 Å². The van der Waals surface area contributed by atoms with Crippen molar-refractivity contribution in [3.63, 3.8) is 0 Å². The molecule has 1 aliphatic rings. The summed E-state index contributed by atoms with van der Waals surface area (Å²) < 4.78 is 0. The number of hydrogen-bond donors (Lipinski definition) is 3. The van der Waals surface area contributed by atoms with Gasteiger partial charge in [-0.15, -0.1) is 22.7 Å². The molecule has 128 valence electrons. The molecule has 0 amide bonds. The molecule has 0 aliphatic carbocycles. The second kappa shape index (κ2) is 7.20. The Morgan fingerprint density at radius 1 is 1.08 bits per heavy atom. The molecule has 0 saturated heterocycles. The molecule has 0 atom stereocenters. The summed E-state index contributed by atoms with van der Waals surface area (Å²) in [5.74, 6) is 0.800. The smallest absolute Gasteiger partial charge is 0.197 e. The first-order valence-corrected chi connectivity index (χ1v) is 9.83. The summed E-state index contributed by atoms with van der Waals surface area (Å²) in [5.41, 5.74) is 3.96. The van der Waals surface area contributed by atoms with Crippen molar-refractivity contribution in [2.24, 2.45) is 4.99 Å². The van der Waals surface area contributed by atoms with Gasteiger partial charge in [0, 0.05) is 42.1 Å². The summed E-state index contributed by atoms with van der Waals surface area (Å²) in [6, 6.07) is 8.18. The third kappa shape index (κ3) is 3.49. The minimum absolute atomic E-state index is 0.800. The lowest BCUT2D eigenvalue weighted by Crippen LogP contribution is -2.35. The second-order valence-electron chi connectivity index (χ2n) is 5.51. The van der Waals surface area contributed by atoms with E-state index < -0.39 is 0 Å². The Morgan fingerprint density at radius 2 is 1.92 bits per heavy atom. The average Bonchev–Trinajstić information content (AvgIpc) is 3.32. The first-order valence-electron chi connectivity index (χ1n) is 8.07. The molecule has 6 nitrogen and oxygen atoms in total. The molecule has 2 aromatic heterocycles. The van der Waals surface area contributed by atoms with Crippen molar-refractivity contribution < 1.29 is 0 Å². The molecule has 8 heteroatoms. The SMILES string of the molecule is CNc1ccccc1-c1nc(-c2csc(NC3=NCCCN3)n2)cs1. The van der Waals surface area contributed by atoms with Crippen LogP contribution in [-0.2, 0) is 0 Å². The average molecular weight is 371 g/mol. The van der Waals surface area contributed by atoms with Crippen LogP contribution in [0.15, 0.2) is 40.0 Å². The van der Waals surface area contributed by atoms with Gasteiger partial charge in [-0.2, -0.15) is 0 Å². The number of benzene rings is 1. The number of hydrogen-bond acceptors (Lipinski definition) is 8. The van der Waals surface area contributed by atoms with E-state index in [0.717, 1.165) is 58.2 Å². The van der Waals surface area contributed by atoms with E-state index in [0.29, 0.717) is 0 Å². The Morgan fingerprint density at radius 3 is 2.76 bits per heavy atom. The van der Waals surface area contributed by atoms with Gasteiger partial charge in [-0.3, -0.25) is 4.99 Å². The Labute approximate surface area is 154 Å². The van der Waals surface area contributed by atoms with Crippen molar-refractivity contribution in [2.45, 2.75) is 6.42 Å². The van der Waals surface area contributed by atoms with Crippen LogP contribution in [0.4, 0.5) is 10.8 Å². The van der Waals surface area contributed by atoms with Gasteiger partial charge in [0.2, 0.25) is 0 Å². The Hall–Kier alpha value is -2.45. The number of thiazole rings is 2. The lowest BCUT2D eigenvalue weighted by atomic mass is 10.2. The van der Waals surface area contributed by atoms with Gasteiger partial charge in [-0.1, -0.05) is 12.1 Å². The predicted molar refractivity (Wildman–Crippen MR) is 107 cm³/mol. The third-order valence-corrected chi connectivity index (χ3v) is 5.45. The summed E-state index contributed by atoms with van der Waals surface area (Å²) in [6.07, 6.45) is 1.07. The number of anilines is 2. The lowest BCUT2D eigenvalue weighted by Gasteiger charge is -2.13. The predicted octanol–water partition coefficient (Wildman–Crippen LogP) is 3.74. The van der Waals surface area contributed by atoms with E-state index in [4.69, 9.17) is 4.98 Å². The Kier molecular flexibility index (Phi) is 4.62. The van der Waals surface area contributed by atoms with Crippen LogP contribution in [0.25, 0.3) is 22.0 Å². The van der Waals surface area contributed by atoms with Crippen molar-refractivity contribution >= 4 is 39.5 Å². The maximum Gasteiger partial charge on any atom is 0.197 e. The minimum atomic E-state index is 0.800. The van der Waals surface area contributed by atoms with Gasteiger partial charge in [0.25, 0.3) is 0 Å². The van der Waals surface area contributed by atoms with Gasteiger partial charge in [0.1, 0.15) is 16.4 Å². The second-order valence-corrected chi connectivity index (χ2v) is 7.22. The van der Waals surface area contributed by atoms with E-state index in [1.807, 2.05) is 24.6 Å². The molecule has 4 rings (SSSR count). The fraction of sp³-hybridized carbons (Fsp3) is 0.235. The standard InChI is InChI=1S/C17H18N6S2/c1-18-12-6-3-2-5-11(12)15-21-13(9-24-15)14-10-25-17(22-14)23-16-19-7-4-8-20-16/h2-3,5-6,9-10,18H,4,7-8H2,1H3,(H2,19,20,22,23). The van der Waals surface area contributed by atoms with E-state index >= 15 is 0 Å². The van der Waals surface area contributed by atoms with Gasteiger partial charge < -0.3 is 16.0 Å². The van der Waals surface area contributed by atoms with Crippen LogP contribution < -0.4 is 16.0 Å². The maximum absolute atomic E-state index is 4.77. The lowest BCUT2D eigenvalue weighted by molar-refractivity contribution is 0.740. The van der Waals surface area contributed by atoms with Crippen LogP contribution in [0.3, 0.4) is 0 Å². The molecule has 0 spiro atoms. The molecule has 3 N–H and O–H groups in total. The van der Waals surface area contributed by atoms with E-state index in [-0.39, 0.29) is 0 Å². The molecule has 3 heterocycles. The van der Waals surface area contributed by atoms with Crippen molar-refractivity contribution in [1.82, 2.24) is 15.3 Å². The fourth-order valence-corrected chi connectivity index (χ4v) is 4.13. The zero-order chi connectivity index (χ0) is 17.1. The molecule has 0 bridgehead atoms. The molecule has 3 aromatic rings. The van der Waals surface area contributed by atoms with Crippen LogP contribution >= 0.6 is 22.7 Å². The highest BCUT2D eigenvalue weighted by Gasteiger charge is 2.13. The number of nitrogens with one attached hydrogen (secondary N) is 3. The molecular formula is C17H18N6S2. The highest BCUT2D eigenvalue weighted by atomic mass is 32.1. The van der Waals surface area contributed by atoms with Gasteiger partial charge >= 0.3 is 0 Å². The van der Waals surface area contributed by atoms with Crippen molar-refractivity contribution in [1.29, 1.82) is 0 Å². The zero-order valence-corrected chi connectivity index (χ0v) is 15.4. The van der Waals surface area contributed by atoms with Gasteiger partial charge in [0.05, 0.1) is 0 Å². The number of aromatic nitrogens is 2. The summed E-state index contributed by atoms with van der Waals surface area (Å²) in [5, 5.41) is 15.6. The number of aliphatic imine (C=N–C) groups is 1. The first kappa shape index (κ1) is 16.0. The quantitative estimate of drug-likeness (QED) is 0.652. The topological polar surface area (TPSA) is 74.2 Å². The highest BCUT2D eigenvalue weighted by molar-refractivity contribution is 7.14. The monoisotopic (exact) mass is 370 g/mol. The van der Waals surface area contributed by atoms with E-state index in [1.54, 1.807) is 22.7 Å². The van der Waals surface area contributed by atoms with Gasteiger partial charge in [-0.05, 0) is 18.6 Å². The zero-order valence-electron chi connectivity index (χ0n) is 13.7. The Balaban J connectivity index is 1.55. The van der Waals surface area contributed by atoms with Crippen molar-refractivity contribution in [2.75, 3.05) is 30.8 Å².